The van der Waals surface area contributed by atoms with Crippen LogP contribution >= 0.6 is 0 Å². The molecule has 1 aromatic rings. The van der Waals surface area contributed by atoms with Gasteiger partial charge in [-0.2, -0.15) is 5.26 Å². The summed E-state index contributed by atoms with van der Waals surface area (Å²) in [5, 5.41) is 9.44. The molecule has 5 nitrogen and oxygen atoms in total. The van der Waals surface area contributed by atoms with Gasteiger partial charge in [0.2, 0.25) is 0 Å². The van der Waals surface area contributed by atoms with Gasteiger partial charge in [0.1, 0.15) is 11.9 Å². The minimum absolute atomic E-state index is 0.171. The summed E-state index contributed by atoms with van der Waals surface area (Å²) in [6.07, 6.45) is 1.83. The molecule has 2 heterocycles. The molecule has 1 atom stereocenters. The fraction of sp³-hybridized carbons (Fsp3) is 0.692. The Kier molecular flexibility index (Phi) is 4.00. The summed E-state index contributed by atoms with van der Waals surface area (Å²) in [5.74, 6) is 0.956. The van der Waals surface area contributed by atoms with E-state index in [1.807, 2.05) is 24.7 Å². The molecule has 0 amide bonds. The quantitative estimate of drug-likeness (QED) is 0.797. The van der Waals surface area contributed by atoms with Gasteiger partial charge in [-0.25, -0.2) is 4.98 Å². The van der Waals surface area contributed by atoms with Crippen LogP contribution in [0.3, 0.4) is 0 Å². The molecule has 18 heavy (non-hydrogen) atoms. The van der Waals surface area contributed by atoms with Crippen molar-refractivity contribution in [2.24, 2.45) is 7.05 Å². The fourth-order valence-corrected chi connectivity index (χ4v) is 2.45. The maximum atomic E-state index is 9.44. The molecular weight excluding hydrogens is 226 g/mol. The van der Waals surface area contributed by atoms with E-state index in [1.165, 1.54) is 0 Å². The van der Waals surface area contributed by atoms with Gasteiger partial charge in [0.15, 0.2) is 0 Å². The van der Waals surface area contributed by atoms with Gasteiger partial charge in [0.05, 0.1) is 18.0 Å². The monoisotopic (exact) mass is 247 g/mol. The summed E-state index contributed by atoms with van der Waals surface area (Å²) in [4.78, 5) is 8.95. The lowest BCUT2D eigenvalue weighted by molar-refractivity contribution is 0.116. The van der Waals surface area contributed by atoms with E-state index in [2.05, 4.69) is 27.8 Å². The van der Waals surface area contributed by atoms with E-state index in [0.29, 0.717) is 0 Å². The SMILES string of the molecule is CCN1CCN(C(C#N)c2cnc(C)n2C)CC1. The molecule has 0 N–H and O–H groups in total. The third-order valence-corrected chi connectivity index (χ3v) is 3.88. The lowest BCUT2D eigenvalue weighted by atomic mass is 10.1. The second-order valence-electron chi connectivity index (χ2n) is 4.79. The van der Waals surface area contributed by atoms with Crippen LogP contribution in [0.5, 0.6) is 0 Å². The number of likely N-dealkylation sites (N-methyl/N-ethyl adjacent to an activating group) is 1. The molecule has 0 saturated carbocycles. The molecule has 0 aromatic carbocycles. The Bertz CT molecular complexity index is 437. The van der Waals surface area contributed by atoms with Crippen LogP contribution in [-0.2, 0) is 7.05 Å². The van der Waals surface area contributed by atoms with Crippen molar-refractivity contribution < 1.29 is 0 Å². The second kappa shape index (κ2) is 5.51. The van der Waals surface area contributed by atoms with E-state index in [9.17, 15) is 5.26 Å². The summed E-state index contributed by atoms with van der Waals surface area (Å²) >= 11 is 0. The zero-order valence-electron chi connectivity index (χ0n) is 11.4. The van der Waals surface area contributed by atoms with Crippen molar-refractivity contribution >= 4 is 0 Å². The zero-order valence-corrected chi connectivity index (χ0v) is 11.4. The molecule has 0 bridgehead atoms. The molecule has 1 unspecified atom stereocenters. The van der Waals surface area contributed by atoms with Gasteiger partial charge >= 0.3 is 0 Å². The molecule has 2 rings (SSSR count). The van der Waals surface area contributed by atoms with Crippen LogP contribution in [0.25, 0.3) is 0 Å². The highest BCUT2D eigenvalue weighted by molar-refractivity contribution is 5.16. The molecule has 0 aliphatic carbocycles. The Balaban J connectivity index is 2.11. The van der Waals surface area contributed by atoms with Crippen molar-refractivity contribution in [3.8, 4) is 6.07 Å². The largest absolute Gasteiger partial charge is 0.333 e. The van der Waals surface area contributed by atoms with Gasteiger partial charge in [-0.3, -0.25) is 4.90 Å². The minimum atomic E-state index is -0.171. The normalized spacial score (nSPS) is 19.7. The molecule has 1 saturated heterocycles. The lowest BCUT2D eigenvalue weighted by Crippen LogP contribution is -2.47. The predicted molar refractivity (Wildman–Crippen MR) is 70.0 cm³/mol. The topological polar surface area (TPSA) is 48.1 Å². The van der Waals surface area contributed by atoms with Crippen LogP contribution in [0.2, 0.25) is 0 Å². The number of hydrogen-bond acceptors (Lipinski definition) is 4. The molecule has 98 valence electrons. The smallest absolute Gasteiger partial charge is 0.140 e. The van der Waals surface area contributed by atoms with Crippen LogP contribution < -0.4 is 0 Å². The van der Waals surface area contributed by atoms with E-state index in [-0.39, 0.29) is 6.04 Å². The fourth-order valence-electron chi connectivity index (χ4n) is 2.45. The Morgan fingerprint density at radius 3 is 2.50 bits per heavy atom. The lowest BCUT2D eigenvalue weighted by Gasteiger charge is -2.36. The van der Waals surface area contributed by atoms with Gasteiger partial charge < -0.3 is 9.47 Å². The summed E-state index contributed by atoms with van der Waals surface area (Å²) in [6.45, 7) is 9.24. The highest BCUT2D eigenvalue weighted by Gasteiger charge is 2.26. The first-order valence-corrected chi connectivity index (χ1v) is 6.51. The van der Waals surface area contributed by atoms with Crippen molar-refractivity contribution in [1.82, 2.24) is 19.4 Å². The minimum Gasteiger partial charge on any atom is -0.333 e. The standard InChI is InChI=1S/C13H21N5/c1-4-17-5-7-18(8-6-17)12(9-14)13-10-15-11(2)16(13)3/h10,12H,4-8H2,1-3H3. The third-order valence-electron chi connectivity index (χ3n) is 3.88. The Hall–Kier alpha value is -1.38. The molecule has 1 aliphatic heterocycles. The van der Waals surface area contributed by atoms with Gasteiger partial charge in [0.25, 0.3) is 0 Å². The van der Waals surface area contributed by atoms with Crippen molar-refractivity contribution in [2.75, 3.05) is 32.7 Å². The Labute approximate surface area is 109 Å². The van der Waals surface area contributed by atoms with Crippen LogP contribution in [0.1, 0.15) is 24.5 Å². The molecule has 1 aromatic heterocycles. The van der Waals surface area contributed by atoms with Crippen molar-refractivity contribution in [1.29, 1.82) is 5.26 Å². The number of imidazole rings is 1. The van der Waals surface area contributed by atoms with Crippen LogP contribution in [0, 0.1) is 18.3 Å². The summed E-state index contributed by atoms with van der Waals surface area (Å²) in [5.41, 5.74) is 1.000. The van der Waals surface area contributed by atoms with E-state index < -0.39 is 0 Å². The number of piperazine rings is 1. The summed E-state index contributed by atoms with van der Waals surface area (Å²) < 4.78 is 2.01. The molecule has 0 radical (unpaired) electrons. The number of rotatable bonds is 3. The number of aryl methyl sites for hydroxylation is 1. The first kappa shape index (κ1) is 13.1. The predicted octanol–water partition coefficient (Wildman–Crippen LogP) is 0.931. The first-order valence-electron chi connectivity index (χ1n) is 6.51. The maximum absolute atomic E-state index is 9.44. The molecule has 0 spiro atoms. The Morgan fingerprint density at radius 2 is 2.06 bits per heavy atom. The average Bonchev–Trinajstić information content (AvgIpc) is 2.73. The van der Waals surface area contributed by atoms with Crippen molar-refractivity contribution in [3.05, 3.63) is 17.7 Å². The maximum Gasteiger partial charge on any atom is 0.140 e. The van der Waals surface area contributed by atoms with E-state index in [1.54, 1.807) is 0 Å². The van der Waals surface area contributed by atoms with E-state index in [0.717, 1.165) is 44.2 Å². The average molecular weight is 247 g/mol. The highest BCUT2D eigenvalue weighted by Crippen LogP contribution is 2.21. The summed E-state index contributed by atoms with van der Waals surface area (Å²) in [7, 11) is 1.98. The highest BCUT2D eigenvalue weighted by atomic mass is 15.3. The number of nitrogens with zero attached hydrogens (tertiary/aromatic N) is 5. The van der Waals surface area contributed by atoms with E-state index >= 15 is 0 Å². The van der Waals surface area contributed by atoms with Crippen LogP contribution in [0.15, 0.2) is 6.20 Å². The Morgan fingerprint density at radius 1 is 1.39 bits per heavy atom. The molecule has 1 aliphatic rings. The molecular formula is C13H21N5. The second-order valence-corrected chi connectivity index (χ2v) is 4.79. The van der Waals surface area contributed by atoms with E-state index in [4.69, 9.17) is 0 Å². The third kappa shape index (κ3) is 2.40. The number of hydrogen-bond donors (Lipinski definition) is 0. The van der Waals surface area contributed by atoms with Gasteiger partial charge in [-0.1, -0.05) is 6.92 Å². The molecule has 5 heteroatoms. The van der Waals surface area contributed by atoms with Crippen molar-refractivity contribution in [2.45, 2.75) is 19.9 Å². The van der Waals surface area contributed by atoms with Crippen LogP contribution in [-0.4, -0.2) is 52.1 Å². The van der Waals surface area contributed by atoms with Gasteiger partial charge in [-0.05, 0) is 13.5 Å². The summed E-state index contributed by atoms with van der Waals surface area (Å²) in [6, 6.07) is 2.25. The number of aromatic nitrogens is 2. The van der Waals surface area contributed by atoms with Crippen molar-refractivity contribution in [3.63, 3.8) is 0 Å². The first-order chi connectivity index (χ1) is 8.67. The van der Waals surface area contributed by atoms with Gasteiger partial charge in [-0.15, -0.1) is 0 Å². The zero-order chi connectivity index (χ0) is 13.1. The van der Waals surface area contributed by atoms with Crippen LogP contribution in [0.4, 0.5) is 0 Å². The number of nitriles is 1. The van der Waals surface area contributed by atoms with Gasteiger partial charge in [0, 0.05) is 33.2 Å². The molecule has 1 fully saturated rings.